The topological polar surface area (TPSA) is 95.9 Å². The maximum atomic E-state index is 11.9. The number of ether oxygens (including phenoxy) is 1. The van der Waals surface area contributed by atoms with Crippen LogP contribution in [0.15, 0.2) is 0 Å². The summed E-state index contributed by atoms with van der Waals surface area (Å²) in [6.45, 7) is 0.949. The smallest absolute Gasteiger partial charge is 0.326 e. The summed E-state index contributed by atoms with van der Waals surface area (Å²) < 4.78 is 4.87. The van der Waals surface area contributed by atoms with E-state index in [-0.39, 0.29) is 12.5 Å². The number of amides is 2. The first-order valence-corrected chi connectivity index (χ1v) is 7.33. The van der Waals surface area contributed by atoms with E-state index in [1.165, 1.54) is 4.90 Å². The number of nitrogens with one attached hydrogen (secondary N) is 1. The Hall–Kier alpha value is -1.63. The molecule has 0 saturated carbocycles. The van der Waals surface area contributed by atoms with Crippen molar-refractivity contribution in [2.24, 2.45) is 0 Å². The third kappa shape index (κ3) is 6.57. The molecule has 2 amide bonds. The molecule has 0 radical (unpaired) electrons. The van der Waals surface area contributed by atoms with Crippen molar-refractivity contribution in [3.05, 3.63) is 0 Å². The highest BCUT2D eigenvalue weighted by atomic mass is 16.5. The maximum Gasteiger partial charge on any atom is 0.326 e. The number of hydrogen-bond acceptors (Lipinski definition) is 4. The average Bonchev–Trinajstić information content (AvgIpc) is 2.63. The predicted molar refractivity (Wildman–Crippen MR) is 75.7 cm³/mol. The molecule has 7 nitrogen and oxygen atoms in total. The maximum absolute atomic E-state index is 11.9. The Morgan fingerprint density at radius 3 is 2.81 bits per heavy atom. The van der Waals surface area contributed by atoms with Gasteiger partial charge in [0.25, 0.3) is 0 Å². The molecule has 120 valence electrons. The number of nitrogens with zero attached hydrogens (tertiary/aromatic N) is 1. The fourth-order valence-corrected chi connectivity index (χ4v) is 2.31. The SMILES string of the molecule is COCCCC(NC(=O)CN1CCCCCC1=O)C(=O)O. The molecule has 1 aliphatic heterocycles. The first kappa shape index (κ1) is 17.4. The van der Waals surface area contributed by atoms with Gasteiger partial charge in [-0.25, -0.2) is 4.79 Å². The van der Waals surface area contributed by atoms with Crippen LogP contribution < -0.4 is 5.32 Å². The molecular formula is C14H24N2O5. The van der Waals surface area contributed by atoms with Crippen LogP contribution in [0.1, 0.15) is 38.5 Å². The lowest BCUT2D eigenvalue weighted by Crippen LogP contribution is -2.47. The first-order valence-electron chi connectivity index (χ1n) is 7.33. The fourth-order valence-electron chi connectivity index (χ4n) is 2.31. The Morgan fingerprint density at radius 1 is 1.38 bits per heavy atom. The molecule has 1 fully saturated rings. The lowest BCUT2D eigenvalue weighted by Gasteiger charge is -2.21. The van der Waals surface area contributed by atoms with E-state index in [1.807, 2.05) is 0 Å². The number of carboxylic acids is 1. The highest BCUT2D eigenvalue weighted by Gasteiger charge is 2.23. The van der Waals surface area contributed by atoms with Crippen molar-refractivity contribution in [3.8, 4) is 0 Å². The Labute approximate surface area is 124 Å². The molecule has 21 heavy (non-hydrogen) atoms. The first-order chi connectivity index (χ1) is 10.0. The predicted octanol–water partition coefficient (Wildman–Crippen LogP) is 0.385. The van der Waals surface area contributed by atoms with E-state index < -0.39 is 17.9 Å². The van der Waals surface area contributed by atoms with Gasteiger partial charge in [0.05, 0.1) is 6.54 Å². The second-order valence-corrected chi connectivity index (χ2v) is 5.22. The van der Waals surface area contributed by atoms with E-state index in [2.05, 4.69) is 5.32 Å². The second-order valence-electron chi connectivity index (χ2n) is 5.22. The molecule has 1 saturated heterocycles. The van der Waals surface area contributed by atoms with Crippen LogP contribution in [-0.2, 0) is 19.1 Å². The number of carboxylic acid groups (broad SMARTS) is 1. The number of likely N-dealkylation sites (tertiary alicyclic amines) is 1. The van der Waals surface area contributed by atoms with Crippen LogP contribution in [0.25, 0.3) is 0 Å². The van der Waals surface area contributed by atoms with Crippen molar-refractivity contribution >= 4 is 17.8 Å². The van der Waals surface area contributed by atoms with Gasteiger partial charge in [-0.2, -0.15) is 0 Å². The second kappa shape index (κ2) is 9.33. The number of hydrogen-bond donors (Lipinski definition) is 2. The van der Waals surface area contributed by atoms with Crippen LogP contribution in [0, 0.1) is 0 Å². The molecule has 1 rings (SSSR count). The van der Waals surface area contributed by atoms with E-state index in [4.69, 9.17) is 9.84 Å². The number of methoxy groups -OCH3 is 1. The van der Waals surface area contributed by atoms with Crippen LogP contribution in [0.2, 0.25) is 0 Å². The van der Waals surface area contributed by atoms with Crippen LogP contribution >= 0.6 is 0 Å². The quantitative estimate of drug-likeness (QED) is 0.632. The van der Waals surface area contributed by atoms with Crippen molar-refractivity contribution in [1.82, 2.24) is 10.2 Å². The monoisotopic (exact) mass is 300 g/mol. The van der Waals surface area contributed by atoms with Crippen molar-refractivity contribution in [2.45, 2.75) is 44.6 Å². The standard InChI is InChI=1S/C14H24N2O5/c1-21-9-5-6-11(14(19)20)15-12(17)10-16-8-4-2-3-7-13(16)18/h11H,2-10H2,1H3,(H,15,17)(H,19,20). The zero-order valence-electron chi connectivity index (χ0n) is 12.5. The summed E-state index contributed by atoms with van der Waals surface area (Å²) in [5.41, 5.74) is 0. The van der Waals surface area contributed by atoms with Crippen molar-refractivity contribution in [1.29, 1.82) is 0 Å². The largest absolute Gasteiger partial charge is 0.480 e. The van der Waals surface area contributed by atoms with Gasteiger partial charge in [-0.1, -0.05) is 6.42 Å². The van der Waals surface area contributed by atoms with E-state index in [0.29, 0.717) is 32.4 Å². The van der Waals surface area contributed by atoms with Crippen LogP contribution in [-0.4, -0.2) is 60.6 Å². The van der Waals surface area contributed by atoms with Crippen LogP contribution in [0.4, 0.5) is 0 Å². The van der Waals surface area contributed by atoms with Gasteiger partial charge in [0, 0.05) is 26.7 Å². The van der Waals surface area contributed by atoms with Crippen molar-refractivity contribution < 1.29 is 24.2 Å². The highest BCUT2D eigenvalue weighted by molar-refractivity contribution is 5.88. The lowest BCUT2D eigenvalue weighted by molar-refractivity contribution is -0.142. The third-order valence-corrected chi connectivity index (χ3v) is 3.48. The Kier molecular flexibility index (Phi) is 7.74. The molecule has 0 spiro atoms. The molecule has 1 aliphatic rings. The van der Waals surface area contributed by atoms with E-state index in [9.17, 15) is 14.4 Å². The molecule has 2 N–H and O–H groups in total. The normalized spacial score (nSPS) is 17.2. The minimum absolute atomic E-state index is 0.0334. The average molecular weight is 300 g/mol. The van der Waals surface area contributed by atoms with Crippen molar-refractivity contribution in [2.75, 3.05) is 26.8 Å². The van der Waals surface area contributed by atoms with Gasteiger partial charge in [-0.3, -0.25) is 9.59 Å². The molecule has 1 heterocycles. The van der Waals surface area contributed by atoms with Gasteiger partial charge in [0.1, 0.15) is 6.04 Å². The van der Waals surface area contributed by atoms with E-state index in [0.717, 1.165) is 19.3 Å². The third-order valence-electron chi connectivity index (χ3n) is 3.48. The Morgan fingerprint density at radius 2 is 2.14 bits per heavy atom. The number of carbonyl (C=O) groups is 3. The summed E-state index contributed by atoms with van der Waals surface area (Å²) in [6.07, 6.45) is 4.04. The van der Waals surface area contributed by atoms with Gasteiger partial charge < -0.3 is 20.1 Å². The number of carbonyl (C=O) groups excluding carboxylic acids is 2. The number of rotatable bonds is 8. The number of aliphatic carboxylic acids is 1. The zero-order chi connectivity index (χ0) is 15.7. The van der Waals surface area contributed by atoms with Gasteiger partial charge >= 0.3 is 5.97 Å². The van der Waals surface area contributed by atoms with Crippen molar-refractivity contribution in [3.63, 3.8) is 0 Å². The molecule has 0 aromatic carbocycles. The lowest BCUT2D eigenvalue weighted by atomic mass is 10.1. The fraction of sp³-hybridized carbons (Fsp3) is 0.786. The van der Waals surface area contributed by atoms with E-state index in [1.54, 1.807) is 7.11 Å². The van der Waals surface area contributed by atoms with Crippen LogP contribution in [0.3, 0.4) is 0 Å². The molecule has 1 atom stereocenters. The summed E-state index contributed by atoms with van der Waals surface area (Å²) >= 11 is 0. The van der Waals surface area contributed by atoms with Gasteiger partial charge in [0.2, 0.25) is 11.8 Å². The van der Waals surface area contributed by atoms with Crippen LogP contribution in [0.5, 0.6) is 0 Å². The van der Waals surface area contributed by atoms with Gasteiger partial charge in [0.15, 0.2) is 0 Å². The molecule has 0 aliphatic carbocycles. The highest BCUT2D eigenvalue weighted by Crippen LogP contribution is 2.10. The molecule has 0 aromatic rings. The molecule has 7 heteroatoms. The Bertz CT molecular complexity index is 372. The molecule has 1 unspecified atom stereocenters. The Balaban J connectivity index is 2.44. The molecular weight excluding hydrogens is 276 g/mol. The minimum atomic E-state index is -1.07. The summed E-state index contributed by atoms with van der Waals surface area (Å²) in [5, 5.41) is 11.6. The van der Waals surface area contributed by atoms with E-state index >= 15 is 0 Å². The van der Waals surface area contributed by atoms with Gasteiger partial charge in [-0.05, 0) is 25.7 Å². The summed E-state index contributed by atoms with van der Waals surface area (Å²) in [6, 6.07) is -0.935. The minimum Gasteiger partial charge on any atom is -0.480 e. The molecule has 0 bridgehead atoms. The summed E-state index contributed by atoms with van der Waals surface area (Å²) in [7, 11) is 1.54. The van der Waals surface area contributed by atoms with Gasteiger partial charge in [-0.15, -0.1) is 0 Å². The summed E-state index contributed by atoms with van der Waals surface area (Å²) in [5.74, 6) is -1.52. The summed E-state index contributed by atoms with van der Waals surface area (Å²) in [4.78, 5) is 36.3. The zero-order valence-corrected chi connectivity index (χ0v) is 12.5. The molecule has 0 aromatic heterocycles.